The molecule has 10 heteroatoms. The van der Waals surface area contributed by atoms with Crippen LogP contribution in [0.25, 0.3) is 0 Å². The molecule has 0 radical (unpaired) electrons. The van der Waals surface area contributed by atoms with Crippen molar-refractivity contribution >= 4 is 27.8 Å². The zero-order valence-corrected chi connectivity index (χ0v) is 16.6. The van der Waals surface area contributed by atoms with Crippen LogP contribution < -0.4 is 0 Å². The molecule has 5 nitrogen and oxygen atoms in total. The standard InChI is InChI=1S/C17H21ClF3NO.HNO2S/c1-11(2)23-22-16(12-6-4-3-5-7-12)14-10-13(18)8-9-15(14)17(19,20)21;1-4(2)3/h8-12H,3-7H2,1-2H3;1H/b22-16+;. The van der Waals surface area contributed by atoms with Crippen LogP contribution in [-0.4, -0.2) is 20.2 Å². The van der Waals surface area contributed by atoms with E-state index in [1.54, 1.807) is 13.8 Å². The summed E-state index contributed by atoms with van der Waals surface area (Å²) < 4.78 is 62.9. The first kappa shape index (κ1) is 23.4. The van der Waals surface area contributed by atoms with Gasteiger partial charge in [-0.3, -0.25) is 0 Å². The highest BCUT2D eigenvalue weighted by Gasteiger charge is 2.36. The van der Waals surface area contributed by atoms with Gasteiger partial charge >= 0.3 is 16.7 Å². The average molecular weight is 427 g/mol. The quantitative estimate of drug-likeness (QED) is 0.495. The molecule has 2 rings (SSSR count). The van der Waals surface area contributed by atoms with Crippen molar-refractivity contribution < 1.29 is 26.4 Å². The predicted molar refractivity (Wildman–Crippen MR) is 97.4 cm³/mol. The number of alkyl halides is 3. The second kappa shape index (κ2) is 10.7. The van der Waals surface area contributed by atoms with Gasteiger partial charge in [0, 0.05) is 16.5 Å². The average Bonchev–Trinajstić information content (AvgIpc) is 2.54. The predicted octanol–water partition coefficient (Wildman–Crippen LogP) is 5.70. The summed E-state index contributed by atoms with van der Waals surface area (Å²) in [5.74, 6) is -0.0259. The van der Waals surface area contributed by atoms with E-state index in [2.05, 4.69) is 5.16 Å². The third kappa shape index (κ3) is 8.30. The van der Waals surface area contributed by atoms with Gasteiger partial charge in [0.15, 0.2) is 0 Å². The van der Waals surface area contributed by atoms with Crippen LogP contribution in [-0.2, 0) is 21.5 Å². The van der Waals surface area contributed by atoms with Crippen molar-refractivity contribution in [3.05, 3.63) is 34.3 Å². The SMILES string of the molecule is CC(C)O/N=C(/c1cc(Cl)ccc1C(F)(F)F)C1CCCCC1.N=S(=O)=O. The van der Waals surface area contributed by atoms with E-state index in [-0.39, 0.29) is 22.6 Å². The zero-order valence-electron chi connectivity index (χ0n) is 15.0. The van der Waals surface area contributed by atoms with E-state index in [1.807, 2.05) is 0 Å². The minimum Gasteiger partial charge on any atom is -0.393 e. The van der Waals surface area contributed by atoms with E-state index < -0.39 is 22.2 Å². The van der Waals surface area contributed by atoms with Crippen LogP contribution >= 0.6 is 11.6 Å². The Hall–Kier alpha value is -1.61. The monoisotopic (exact) mass is 426 g/mol. The van der Waals surface area contributed by atoms with Gasteiger partial charge in [-0.15, -0.1) is 0 Å². The van der Waals surface area contributed by atoms with Gasteiger partial charge in [0.1, 0.15) is 6.10 Å². The van der Waals surface area contributed by atoms with Gasteiger partial charge in [-0.05, 0) is 44.9 Å². The Labute approximate surface area is 163 Å². The molecular weight excluding hydrogens is 405 g/mol. The van der Waals surface area contributed by atoms with Crippen molar-refractivity contribution in [2.75, 3.05) is 0 Å². The Morgan fingerprint density at radius 3 is 2.30 bits per heavy atom. The van der Waals surface area contributed by atoms with Gasteiger partial charge in [-0.25, -0.2) is 0 Å². The fourth-order valence-corrected chi connectivity index (χ4v) is 3.03. The second-order valence-corrected chi connectivity index (χ2v) is 7.29. The van der Waals surface area contributed by atoms with Crippen LogP contribution in [0.4, 0.5) is 13.2 Å². The lowest BCUT2D eigenvalue weighted by molar-refractivity contribution is -0.137. The van der Waals surface area contributed by atoms with E-state index >= 15 is 0 Å². The first-order valence-corrected chi connectivity index (χ1v) is 9.89. The first-order valence-electron chi connectivity index (χ1n) is 8.43. The topological polar surface area (TPSA) is 79.6 Å². The number of rotatable bonds is 4. The Morgan fingerprint density at radius 2 is 1.81 bits per heavy atom. The second-order valence-electron chi connectivity index (χ2n) is 6.39. The van der Waals surface area contributed by atoms with Gasteiger partial charge < -0.3 is 4.84 Å². The summed E-state index contributed by atoms with van der Waals surface area (Å²) in [4.78, 5) is 5.30. The Bertz CT molecular complexity index is 752. The molecule has 0 heterocycles. The summed E-state index contributed by atoms with van der Waals surface area (Å²) >= 11 is 5.95. The smallest absolute Gasteiger partial charge is 0.393 e. The van der Waals surface area contributed by atoms with Gasteiger partial charge in [-0.1, -0.05) is 36.0 Å². The highest BCUT2D eigenvalue weighted by atomic mass is 35.5. The number of hydrogen-bond acceptors (Lipinski definition) is 5. The number of nitrogens with zero attached hydrogens (tertiary/aromatic N) is 1. The summed E-state index contributed by atoms with van der Waals surface area (Å²) in [7, 11) is -2.61. The minimum atomic E-state index is -4.45. The fourth-order valence-electron chi connectivity index (χ4n) is 2.86. The molecule has 0 unspecified atom stereocenters. The van der Waals surface area contributed by atoms with Crippen LogP contribution in [0.5, 0.6) is 0 Å². The van der Waals surface area contributed by atoms with Crippen LogP contribution in [0.2, 0.25) is 5.02 Å². The molecule has 1 aromatic rings. The molecule has 1 aliphatic carbocycles. The van der Waals surface area contributed by atoms with Crippen molar-refractivity contribution in [1.29, 1.82) is 4.78 Å². The number of hydrogen-bond donors (Lipinski definition) is 1. The Kier molecular flexibility index (Phi) is 9.25. The number of halogens is 4. The molecule has 0 aromatic heterocycles. The zero-order chi connectivity index (χ0) is 20.6. The molecule has 0 amide bonds. The van der Waals surface area contributed by atoms with E-state index in [1.165, 1.54) is 12.1 Å². The maximum Gasteiger partial charge on any atom is 0.417 e. The van der Waals surface area contributed by atoms with Gasteiger partial charge in [0.25, 0.3) is 0 Å². The van der Waals surface area contributed by atoms with Crippen LogP contribution in [0.1, 0.15) is 57.1 Å². The number of nitrogens with one attached hydrogen (secondary N) is 1. The van der Waals surface area contributed by atoms with Gasteiger partial charge in [0.05, 0.1) is 11.3 Å². The van der Waals surface area contributed by atoms with E-state index in [9.17, 15) is 13.2 Å². The van der Waals surface area contributed by atoms with E-state index in [0.717, 1.165) is 38.2 Å². The maximum atomic E-state index is 13.4. The van der Waals surface area contributed by atoms with Gasteiger partial charge in [0.2, 0.25) is 0 Å². The van der Waals surface area contributed by atoms with E-state index in [4.69, 9.17) is 29.6 Å². The molecule has 1 N–H and O–H groups in total. The minimum absolute atomic E-state index is 0.0259. The molecule has 1 aliphatic rings. The molecule has 27 heavy (non-hydrogen) atoms. The molecule has 0 bridgehead atoms. The molecule has 0 aliphatic heterocycles. The molecular formula is C17H22ClF3N2O3S. The first-order chi connectivity index (χ1) is 12.5. The highest BCUT2D eigenvalue weighted by Crippen LogP contribution is 2.37. The summed E-state index contributed by atoms with van der Waals surface area (Å²) in [6.45, 7) is 3.59. The third-order valence-corrected chi connectivity index (χ3v) is 4.15. The largest absolute Gasteiger partial charge is 0.417 e. The molecule has 0 spiro atoms. The summed E-state index contributed by atoms with van der Waals surface area (Å²) in [6, 6.07) is 3.63. The summed E-state index contributed by atoms with van der Waals surface area (Å²) in [6.07, 6.45) is 0.0976. The van der Waals surface area contributed by atoms with Crippen molar-refractivity contribution in [1.82, 2.24) is 0 Å². The molecule has 1 saturated carbocycles. The lowest BCUT2D eigenvalue weighted by Gasteiger charge is -2.25. The molecule has 0 atom stereocenters. The molecule has 0 saturated heterocycles. The lowest BCUT2D eigenvalue weighted by Crippen LogP contribution is -2.23. The van der Waals surface area contributed by atoms with Crippen molar-refractivity contribution in [3.8, 4) is 0 Å². The molecule has 1 fully saturated rings. The number of oxime groups is 1. The molecule has 1 aromatic carbocycles. The Balaban J connectivity index is 0.000000828. The van der Waals surface area contributed by atoms with Crippen molar-refractivity contribution in [3.63, 3.8) is 0 Å². The summed E-state index contributed by atoms with van der Waals surface area (Å²) in [5, 5.41) is 4.36. The van der Waals surface area contributed by atoms with E-state index in [0.29, 0.717) is 5.71 Å². The van der Waals surface area contributed by atoms with Crippen LogP contribution in [0.3, 0.4) is 0 Å². The molecule has 152 valence electrons. The van der Waals surface area contributed by atoms with Gasteiger partial charge in [-0.2, -0.15) is 26.4 Å². The third-order valence-electron chi connectivity index (χ3n) is 3.92. The fraction of sp³-hybridized carbons (Fsp3) is 0.588. The normalized spacial score (nSPS) is 15.9. The Morgan fingerprint density at radius 1 is 1.26 bits per heavy atom. The van der Waals surface area contributed by atoms with Crippen LogP contribution in [0, 0.1) is 10.7 Å². The van der Waals surface area contributed by atoms with Crippen molar-refractivity contribution in [2.24, 2.45) is 11.1 Å². The highest BCUT2D eigenvalue weighted by molar-refractivity contribution is 7.60. The maximum absolute atomic E-state index is 13.4. The number of benzene rings is 1. The van der Waals surface area contributed by atoms with Crippen molar-refractivity contribution in [2.45, 2.75) is 58.2 Å². The lowest BCUT2D eigenvalue weighted by atomic mass is 9.82. The van der Waals surface area contributed by atoms with Crippen LogP contribution in [0.15, 0.2) is 23.4 Å². The summed E-state index contributed by atoms with van der Waals surface area (Å²) in [5.41, 5.74) is -0.302.